The fraction of sp³-hybridized carbons (Fsp3) is 0.714. The van der Waals surface area contributed by atoms with Crippen LogP contribution in [0.4, 0.5) is 0 Å². The average molecular weight is 142 g/mol. The van der Waals surface area contributed by atoms with Crippen LogP contribution in [0.3, 0.4) is 0 Å². The summed E-state index contributed by atoms with van der Waals surface area (Å²) >= 11 is 0. The maximum Gasteiger partial charge on any atom is 0.0637 e. The van der Waals surface area contributed by atoms with Crippen LogP contribution < -0.4 is 5.32 Å². The molecule has 0 aromatic rings. The van der Waals surface area contributed by atoms with E-state index in [-0.39, 0.29) is 0 Å². The Labute approximate surface area is 61.7 Å². The van der Waals surface area contributed by atoms with Crippen LogP contribution in [-0.4, -0.2) is 38.3 Å². The molecule has 0 aromatic heterocycles. The predicted octanol–water partition coefficient (Wildman–Crippen LogP) is 0.00920. The summed E-state index contributed by atoms with van der Waals surface area (Å²) in [5.41, 5.74) is 0. The summed E-state index contributed by atoms with van der Waals surface area (Å²) in [7, 11) is 1.73. The van der Waals surface area contributed by atoms with Crippen molar-refractivity contribution < 1.29 is 4.74 Å². The molecule has 0 bridgehead atoms. The third-order valence-corrected chi connectivity index (χ3v) is 1.53. The second-order valence-corrected chi connectivity index (χ2v) is 2.30. The van der Waals surface area contributed by atoms with E-state index in [1.807, 2.05) is 6.20 Å². The van der Waals surface area contributed by atoms with Crippen LogP contribution in [0.2, 0.25) is 0 Å². The summed E-state index contributed by atoms with van der Waals surface area (Å²) in [6, 6.07) is 0. The van der Waals surface area contributed by atoms with Gasteiger partial charge in [0.2, 0.25) is 0 Å². The van der Waals surface area contributed by atoms with Gasteiger partial charge in [-0.15, -0.1) is 0 Å². The van der Waals surface area contributed by atoms with Crippen LogP contribution in [0, 0.1) is 0 Å². The third-order valence-electron chi connectivity index (χ3n) is 1.53. The van der Waals surface area contributed by atoms with Crippen molar-refractivity contribution in [3.63, 3.8) is 0 Å². The second kappa shape index (κ2) is 4.17. The van der Waals surface area contributed by atoms with E-state index in [0.29, 0.717) is 0 Å². The van der Waals surface area contributed by atoms with Crippen LogP contribution in [0.1, 0.15) is 0 Å². The van der Waals surface area contributed by atoms with Crippen molar-refractivity contribution in [2.45, 2.75) is 0 Å². The smallest absolute Gasteiger partial charge is 0.0637 e. The molecule has 10 heavy (non-hydrogen) atoms. The van der Waals surface area contributed by atoms with Crippen molar-refractivity contribution >= 4 is 0 Å². The molecule has 3 heteroatoms. The van der Waals surface area contributed by atoms with E-state index < -0.39 is 0 Å². The topological polar surface area (TPSA) is 24.5 Å². The first-order valence-electron chi connectivity index (χ1n) is 3.56. The second-order valence-electron chi connectivity index (χ2n) is 2.30. The number of nitrogens with zero attached hydrogens (tertiary/aromatic N) is 1. The Hall–Kier alpha value is -0.700. The van der Waals surface area contributed by atoms with Gasteiger partial charge in [-0.1, -0.05) is 0 Å². The van der Waals surface area contributed by atoms with Crippen LogP contribution in [-0.2, 0) is 4.74 Å². The molecule has 0 saturated carbocycles. The molecular formula is C7H14N2O. The number of hydrogen-bond acceptors (Lipinski definition) is 3. The first kappa shape index (κ1) is 7.41. The van der Waals surface area contributed by atoms with E-state index in [2.05, 4.69) is 16.4 Å². The van der Waals surface area contributed by atoms with Gasteiger partial charge in [-0.25, -0.2) is 0 Å². The number of nitrogens with one attached hydrogen (secondary N) is 1. The van der Waals surface area contributed by atoms with Gasteiger partial charge in [0.25, 0.3) is 0 Å². The van der Waals surface area contributed by atoms with Gasteiger partial charge in [0.1, 0.15) is 0 Å². The standard InChI is InChI=1S/C7H14N2O/c1-10-7-6-9-4-2-8-3-5-9/h2,4,8H,3,5-7H2,1H3. The van der Waals surface area contributed by atoms with Crippen molar-refractivity contribution in [1.29, 1.82) is 0 Å². The van der Waals surface area contributed by atoms with Crippen LogP contribution in [0.15, 0.2) is 12.4 Å². The van der Waals surface area contributed by atoms with E-state index in [4.69, 9.17) is 4.74 Å². The SMILES string of the molecule is COCCN1C=CNCC1. The van der Waals surface area contributed by atoms with E-state index in [1.165, 1.54) is 0 Å². The Morgan fingerprint density at radius 2 is 2.60 bits per heavy atom. The highest BCUT2D eigenvalue weighted by atomic mass is 16.5. The zero-order chi connectivity index (χ0) is 7.23. The maximum atomic E-state index is 4.95. The maximum absolute atomic E-state index is 4.95. The lowest BCUT2D eigenvalue weighted by molar-refractivity contribution is 0.168. The molecule has 1 aliphatic rings. The monoisotopic (exact) mass is 142 g/mol. The molecule has 0 aromatic carbocycles. The van der Waals surface area contributed by atoms with Gasteiger partial charge in [0.05, 0.1) is 6.61 Å². The molecule has 0 fully saturated rings. The van der Waals surface area contributed by atoms with Gasteiger partial charge in [-0.2, -0.15) is 0 Å². The van der Waals surface area contributed by atoms with Crippen LogP contribution in [0.5, 0.6) is 0 Å². The van der Waals surface area contributed by atoms with Gasteiger partial charge < -0.3 is 15.0 Å². The molecule has 3 nitrogen and oxygen atoms in total. The van der Waals surface area contributed by atoms with E-state index in [9.17, 15) is 0 Å². The molecule has 1 aliphatic heterocycles. The minimum atomic E-state index is 0.810. The summed E-state index contributed by atoms with van der Waals surface area (Å²) < 4.78 is 4.95. The lowest BCUT2D eigenvalue weighted by Crippen LogP contribution is -2.33. The number of hydrogen-bond donors (Lipinski definition) is 1. The van der Waals surface area contributed by atoms with Gasteiger partial charge in [-0.05, 0) is 0 Å². The van der Waals surface area contributed by atoms with E-state index in [1.54, 1.807) is 7.11 Å². The molecule has 0 unspecified atom stereocenters. The zero-order valence-corrected chi connectivity index (χ0v) is 6.34. The molecular weight excluding hydrogens is 128 g/mol. The molecule has 0 saturated heterocycles. The molecule has 0 atom stereocenters. The first-order valence-corrected chi connectivity index (χ1v) is 3.56. The number of methoxy groups -OCH3 is 1. The summed E-state index contributed by atoms with van der Waals surface area (Å²) in [5.74, 6) is 0. The fourth-order valence-corrected chi connectivity index (χ4v) is 0.919. The molecule has 58 valence electrons. The van der Waals surface area contributed by atoms with Crippen molar-refractivity contribution in [3.05, 3.63) is 12.4 Å². The third kappa shape index (κ3) is 2.27. The highest BCUT2D eigenvalue weighted by Gasteiger charge is 2.00. The quantitative estimate of drug-likeness (QED) is 0.600. The van der Waals surface area contributed by atoms with Gasteiger partial charge in [0, 0.05) is 39.1 Å². The molecule has 0 aliphatic carbocycles. The summed E-state index contributed by atoms with van der Waals surface area (Å²) in [4.78, 5) is 2.24. The van der Waals surface area contributed by atoms with Crippen LogP contribution in [0.25, 0.3) is 0 Å². The first-order chi connectivity index (χ1) is 4.93. The summed E-state index contributed by atoms with van der Waals surface area (Å²) in [6.07, 6.45) is 4.03. The minimum absolute atomic E-state index is 0.810. The molecule has 1 rings (SSSR count). The van der Waals surface area contributed by atoms with Crippen molar-refractivity contribution in [1.82, 2.24) is 10.2 Å². The van der Waals surface area contributed by atoms with Gasteiger partial charge in [0.15, 0.2) is 0 Å². The number of ether oxygens (including phenoxy) is 1. The molecule has 0 amide bonds. The Morgan fingerprint density at radius 3 is 3.20 bits per heavy atom. The minimum Gasteiger partial charge on any atom is -0.388 e. The summed E-state index contributed by atoms with van der Waals surface area (Å²) in [6.45, 7) is 3.93. The lowest BCUT2D eigenvalue weighted by Gasteiger charge is -2.23. The number of rotatable bonds is 3. The normalized spacial score (nSPS) is 17.1. The fourth-order valence-electron chi connectivity index (χ4n) is 0.919. The Balaban J connectivity index is 2.13. The van der Waals surface area contributed by atoms with E-state index in [0.717, 1.165) is 26.2 Å². The predicted molar refractivity (Wildman–Crippen MR) is 40.6 cm³/mol. The average Bonchev–Trinajstić information content (AvgIpc) is 2.03. The molecule has 1 heterocycles. The van der Waals surface area contributed by atoms with Crippen LogP contribution >= 0.6 is 0 Å². The molecule has 0 radical (unpaired) electrons. The Kier molecular flexibility index (Phi) is 3.09. The zero-order valence-electron chi connectivity index (χ0n) is 6.34. The Morgan fingerprint density at radius 1 is 1.70 bits per heavy atom. The molecule has 0 spiro atoms. The van der Waals surface area contributed by atoms with Gasteiger partial charge >= 0.3 is 0 Å². The van der Waals surface area contributed by atoms with Crippen molar-refractivity contribution in [3.8, 4) is 0 Å². The highest BCUT2D eigenvalue weighted by Crippen LogP contribution is 1.92. The lowest BCUT2D eigenvalue weighted by atomic mass is 10.4. The van der Waals surface area contributed by atoms with E-state index >= 15 is 0 Å². The largest absolute Gasteiger partial charge is 0.388 e. The van der Waals surface area contributed by atoms with Crippen molar-refractivity contribution in [2.75, 3.05) is 33.4 Å². The Bertz CT molecular complexity index is 114. The molecule has 1 N–H and O–H groups in total. The highest BCUT2D eigenvalue weighted by molar-refractivity contribution is 4.85. The summed E-state index contributed by atoms with van der Waals surface area (Å²) in [5, 5.41) is 3.13. The van der Waals surface area contributed by atoms with Gasteiger partial charge in [-0.3, -0.25) is 0 Å². The van der Waals surface area contributed by atoms with Crippen molar-refractivity contribution in [2.24, 2.45) is 0 Å².